The lowest BCUT2D eigenvalue weighted by Gasteiger charge is -2.06. The second kappa shape index (κ2) is 7.01. The van der Waals surface area contributed by atoms with Gasteiger partial charge < -0.3 is 10.1 Å². The first kappa shape index (κ1) is 13.6. The molecule has 0 radical (unpaired) electrons. The van der Waals surface area contributed by atoms with Gasteiger partial charge in [-0.2, -0.15) is 4.98 Å². The number of aromatic nitrogens is 2. The van der Waals surface area contributed by atoms with Gasteiger partial charge in [-0.3, -0.25) is 4.79 Å². The lowest BCUT2D eigenvalue weighted by Crippen LogP contribution is -2.10. The van der Waals surface area contributed by atoms with Gasteiger partial charge in [-0.05, 0) is 24.9 Å². The SMILES string of the molecule is CCOC(=O)CCCNc1nc(Cl)ncc1F. The van der Waals surface area contributed by atoms with Gasteiger partial charge in [-0.15, -0.1) is 0 Å². The highest BCUT2D eigenvalue weighted by atomic mass is 35.5. The van der Waals surface area contributed by atoms with Crippen molar-refractivity contribution in [2.45, 2.75) is 19.8 Å². The molecule has 94 valence electrons. The maximum absolute atomic E-state index is 13.1. The molecule has 5 nitrogen and oxygen atoms in total. The number of hydrogen-bond donors (Lipinski definition) is 1. The van der Waals surface area contributed by atoms with Crippen molar-refractivity contribution in [3.8, 4) is 0 Å². The molecule has 17 heavy (non-hydrogen) atoms. The van der Waals surface area contributed by atoms with Crippen LogP contribution in [0, 0.1) is 5.82 Å². The predicted octanol–water partition coefficient (Wildman–Crippen LogP) is 2.02. The Kier molecular flexibility index (Phi) is 5.62. The Bertz CT molecular complexity index is 390. The molecule has 0 saturated heterocycles. The third kappa shape index (κ3) is 4.95. The number of hydrogen-bond acceptors (Lipinski definition) is 5. The molecule has 0 saturated carbocycles. The van der Waals surface area contributed by atoms with Gasteiger partial charge in [0, 0.05) is 13.0 Å². The molecular formula is C10H13ClFN3O2. The summed E-state index contributed by atoms with van der Waals surface area (Å²) >= 11 is 5.52. The molecule has 0 unspecified atom stereocenters. The van der Waals surface area contributed by atoms with E-state index in [1.165, 1.54) is 0 Å². The third-order valence-corrected chi connectivity index (χ3v) is 2.05. The normalized spacial score (nSPS) is 10.1. The summed E-state index contributed by atoms with van der Waals surface area (Å²) in [7, 11) is 0. The van der Waals surface area contributed by atoms with Gasteiger partial charge in [0.15, 0.2) is 11.6 Å². The summed E-state index contributed by atoms with van der Waals surface area (Å²) in [5.41, 5.74) is 0. The molecule has 1 N–H and O–H groups in total. The molecule has 0 atom stereocenters. The highest BCUT2D eigenvalue weighted by molar-refractivity contribution is 6.28. The molecule has 1 aromatic rings. The van der Waals surface area contributed by atoms with Crippen LogP contribution in [-0.2, 0) is 9.53 Å². The fourth-order valence-corrected chi connectivity index (χ4v) is 1.28. The van der Waals surface area contributed by atoms with Crippen molar-refractivity contribution in [3.05, 3.63) is 17.3 Å². The Morgan fingerprint density at radius 1 is 1.65 bits per heavy atom. The van der Waals surface area contributed by atoms with E-state index in [0.717, 1.165) is 6.20 Å². The summed E-state index contributed by atoms with van der Waals surface area (Å²) in [6.45, 7) is 2.51. The van der Waals surface area contributed by atoms with E-state index >= 15 is 0 Å². The summed E-state index contributed by atoms with van der Waals surface area (Å²) in [6, 6.07) is 0. The van der Waals surface area contributed by atoms with Gasteiger partial charge in [0.25, 0.3) is 0 Å². The molecular weight excluding hydrogens is 249 g/mol. The minimum absolute atomic E-state index is 0.0284. The summed E-state index contributed by atoms with van der Waals surface area (Å²) in [5, 5.41) is 2.70. The van der Waals surface area contributed by atoms with Crippen molar-refractivity contribution in [2.75, 3.05) is 18.5 Å². The van der Waals surface area contributed by atoms with Gasteiger partial charge >= 0.3 is 5.97 Å². The second-order valence-corrected chi connectivity index (χ2v) is 3.51. The summed E-state index contributed by atoms with van der Waals surface area (Å²) < 4.78 is 17.9. The van der Waals surface area contributed by atoms with Crippen molar-refractivity contribution < 1.29 is 13.9 Å². The number of carbonyl (C=O) groups is 1. The molecule has 1 heterocycles. The fraction of sp³-hybridized carbons (Fsp3) is 0.500. The third-order valence-electron chi connectivity index (χ3n) is 1.87. The topological polar surface area (TPSA) is 64.1 Å². The first-order chi connectivity index (χ1) is 8.13. The van der Waals surface area contributed by atoms with Crippen LogP contribution in [0.1, 0.15) is 19.8 Å². The summed E-state index contributed by atoms with van der Waals surface area (Å²) in [5.74, 6) is -0.810. The Hall–Kier alpha value is -1.43. The van der Waals surface area contributed by atoms with Crippen LogP contribution in [0.2, 0.25) is 5.28 Å². The molecule has 1 rings (SSSR count). The first-order valence-corrected chi connectivity index (χ1v) is 5.58. The Labute approximate surface area is 103 Å². The standard InChI is InChI=1S/C10H13ClFN3O2/c1-2-17-8(16)4-3-5-13-9-7(12)6-14-10(11)15-9/h6H,2-5H2,1H3,(H,13,14,15). The van der Waals surface area contributed by atoms with Crippen molar-refractivity contribution in [1.82, 2.24) is 9.97 Å². The maximum Gasteiger partial charge on any atom is 0.305 e. The number of halogens is 2. The van der Waals surface area contributed by atoms with Crippen LogP contribution < -0.4 is 5.32 Å². The molecule has 0 aliphatic carbocycles. The van der Waals surface area contributed by atoms with E-state index in [0.29, 0.717) is 19.6 Å². The van der Waals surface area contributed by atoms with Crippen molar-refractivity contribution >= 4 is 23.4 Å². The monoisotopic (exact) mass is 261 g/mol. The minimum atomic E-state index is -0.578. The van der Waals surface area contributed by atoms with E-state index in [9.17, 15) is 9.18 Å². The highest BCUT2D eigenvalue weighted by Gasteiger charge is 2.06. The lowest BCUT2D eigenvalue weighted by molar-refractivity contribution is -0.143. The highest BCUT2D eigenvalue weighted by Crippen LogP contribution is 2.11. The van der Waals surface area contributed by atoms with Crippen molar-refractivity contribution in [3.63, 3.8) is 0 Å². The fourth-order valence-electron chi connectivity index (χ4n) is 1.14. The van der Waals surface area contributed by atoms with Gasteiger partial charge in [-0.1, -0.05) is 0 Å². The second-order valence-electron chi connectivity index (χ2n) is 3.17. The molecule has 0 aromatic carbocycles. The number of ether oxygens (including phenoxy) is 1. The van der Waals surface area contributed by atoms with Crippen LogP contribution in [0.5, 0.6) is 0 Å². The van der Waals surface area contributed by atoms with E-state index in [1.807, 2.05) is 0 Å². The van der Waals surface area contributed by atoms with Crippen LogP contribution in [0.15, 0.2) is 6.20 Å². The molecule has 0 aliphatic rings. The Morgan fingerprint density at radius 2 is 2.41 bits per heavy atom. The van der Waals surface area contributed by atoms with E-state index in [4.69, 9.17) is 16.3 Å². The van der Waals surface area contributed by atoms with E-state index in [-0.39, 0.29) is 23.5 Å². The van der Waals surface area contributed by atoms with Crippen LogP contribution in [0.3, 0.4) is 0 Å². The number of esters is 1. The molecule has 0 bridgehead atoms. The molecule has 0 aliphatic heterocycles. The van der Waals surface area contributed by atoms with Crippen LogP contribution >= 0.6 is 11.6 Å². The lowest BCUT2D eigenvalue weighted by atomic mass is 10.3. The van der Waals surface area contributed by atoms with Crippen LogP contribution in [0.4, 0.5) is 10.2 Å². The number of nitrogens with one attached hydrogen (secondary N) is 1. The molecule has 1 aromatic heterocycles. The molecule has 0 amide bonds. The van der Waals surface area contributed by atoms with Crippen molar-refractivity contribution in [2.24, 2.45) is 0 Å². The van der Waals surface area contributed by atoms with Crippen LogP contribution in [-0.4, -0.2) is 29.1 Å². The number of carbonyl (C=O) groups excluding carboxylic acids is 1. The zero-order valence-corrected chi connectivity index (χ0v) is 10.1. The number of nitrogens with zero attached hydrogens (tertiary/aromatic N) is 2. The quantitative estimate of drug-likeness (QED) is 0.482. The van der Waals surface area contributed by atoms with Gasteiger partial charge in [-0.25, -0.2) is 9.37 Å². The maximum atomic E-state index is 13.1. The largest absolute Gasteiger partial charge is 0.466 e. The number of rotatable bonds is 6. The summed E-state index contributed by atoms with van der Waals surface area (Å²) in [4.78, 5) is 18.2. The van der Waals surface area contributed by atoms with Crippen molar-refractivity contribution in [1.29, 1.82) is 0 Å². The van der Waals surface area contributed by atoms with E-state index < -0.39 is 5.82 Å². The van der Waals surface area contributed by atoms with Gasteiger partial charge in [0.05, 0.1) is 12.8 Å². The molecule has 0 spiro atoms. The first-order valence-electron chi connectivity index (χ1n) is 5.21. The molecule has 0 fully saturated rings. The predicted molar refractivity (Wildman–Crippen MR) is 61.4 cm³/mol. The Balaban J connectivity index is 2.31. The van der Waals surface area contributed by atoms with Gasteiger partial charge in [0.2, 0.25) is 5.28 Å². The number of anilines is 1. The Morgan fingerprint density at radius 3 is 3.12 bits per heavy atom. The van der Waals surface area contributed by atoms with E-state index in [2.05, 4.69) is 15.3 Å². The average molecular weight is 262 g/mol. The van der Waals surface area contributed by atoms with Gasteiger partial charge in [0.1, 0.15) is 0 Å². The zero-order chi connectivity index (χ0) is 12.7. The zero-order valence-electron chi connectivity index (χ0n) is 9.37. The summed E-state index contributed by atoms with van der Waals surface area (Å²) in [6.07, 6.45) is 1.80. The van der Waals surface area contributed by atoms with Crippen LogP contribution in [0.25, 0.3) is 0 Å². The minimum Gasteiger partial charge on any atom is -0.466 e. The smallest absolute Gasteiger partial charge is 0.305 e. The average Bonchev–Trinajstić information content (AvgIpc) is 2.29. The molecule has 7 heteroatoms. The van der Waals surface area contributed by atoms with E-state index in [1.54, 1.807) is 6.92 Å².